The van der Waals surface area contributed by atoms with Gasteiger partial charge in [-0.05, 0) is 42.8 Å². The quantitative estimate of drug-likeness (QED) is 0.746. The van der Waals surface area contributed by atoms with Crippen LogP contribution in [-0.4, -0.2) is 6.29 Å². The smallest absolute Gasteiger partial charge is 0.150 e. The Balaban J connectivity index is 2.06. The lowest BCUT2D eigenvalue weighted by Crippen LogP contribution is -1.98. The first-order valence-corrected chi connectivity index (χ1v) is 5.44. The molecule has 2 rings (SSSR count). The molecular weight excluding hydrogens is 224 g/mol. The molecule has 0 aromatic heterocycles. The van der Waals surface area contributed by atoms with Crippen LogP contribution in [0.25, 0.3) is 0 Å². The molecule has 0 aliphatic heterocycles. The van der Waals surface area contributed by atoms with Crippen LogP contribution in [0.15, 0.2) is 47.2 Å². The van der Waals surface area contributed by atoms with Gasteiger partial charge in [-0.15, -0.1) is 0 Å². The van der Waals surface area contributed by atoms with Crippen molar-refractivity contribution >= 4 is 17.9 Å². The van der Waals surface area contributed by atoms with E-state index in [2.05, 4.69) is 0 Å². The highest BCUT2D eigenvalue weighted by molar-refractivity contribution is 6.29. The van der Waals surface area contributed by atoms with E-state index in [9.17, 15) is 4.79 Å². The summed E-state index contributed by atoms with van der Waals surface area (Å²) < 4.78 is 5.65. The summed E-state index contributed by atoms with van der Waals surface area (Å²) in [5.74, 6) is 1.63. The Bertz CT molecular complexity index is 444. The highest BCUT2D eigenvalue weighted by atomic mass is 35.5. The molecule has 0 saturated carbocycles. The molecule has 0 fully saturated rings. The molecule has 82 valence electrons. The lowest BCUT2D eigenvalue weighted by atomic mass is 10.1. The Morgan fingerprint density at radius 3 is 2.44 bits per heavy atom. The average molecular weight is 235 g/mol. The SMILES string of the molecule is O=Cc1ccc(OC2=CC=C(Cl)CC2)cc1. The first-order valence-electron chi connectivity index (χ1n) is 5.06. The van der Waals surface area contributed by atoms with Crippen LogP contribution >= 0.6 is 11.6 Å². The molecule has 3 heteroatoms. The maximum atomic E-state index is 10.5. The maximum Gasteiger partial charge on any atom is 0.150 e. The molecule has 0 amide bonds. The lowest BCUT2D eigenvalue weighted by molar-refractivity contribution is 0.112. The van der Waals surface area contributed by atoms with Gasteiger partial charge in [0.15, 0.2) is 0 Å². The summed E-state index contributed by atoms with van der Waals surface area (Å²) in [5.41, 5.74) is 0.646. The van der Waals surface area contributed by atoms with E-state index in [-0.39, 0.29) is 0 Å². The second-order valence-electron chi connectivity index (χ2n) is 3.54. The Labute approximate surface area is 99.2 Å². The standard InChI is InChI=1S/C13H11ClO2/c14-11-3-7-13(8-4-11)16-12-5-1-10(9-15)2-6-12/h1-3,5-7,9H,4,8H2. The maximum absolute atomic E-state index is 10.5. The largest absolute Gasteiger partial charge is 0.462 e. The van der Waals surface area contributed by atoms with Crippen molar-refractivity contribution in [3.05, 3.63) is 52.8 Å². The third kappa shape index (κ3) is 2.74. The summed E-state index contributed by atoms with van der Waals surface area (Å²) in [7, 11) is 0. The topological polar surface area (TPSA) is 26.3 Å². The number of aldehydes is 1. The van der Waals surface area contributed by atoms with Crippen molar-refractivity contribution in [2.75, 3.05) is 0 Å². The molecule has 0 saturated heterocycles. The van der Waals surface area contributed by atoms with Crippen molar-refractivity contribution in [1.29, 1.82) is 0 Å². The second-order valence-corrected chi connectivity index (χ2v) is 4.02. The van der Waals surface area contributed by atoms with Gasteiger partial charge in [-0.3, -0.25) is 4.79 Å². The van der Waals surface area contributed by atoms with E-state index in [0.717, 1.165) is 35.7 Å². The van der Waals surface area contributed by atoms with E-state index in [1.54, 1.807) is 24.3 Å². The van der Waals surface area contributed by atoms with E-state index >= 15 is 0 Å². The molecule has 0 N–H and O–H groups in total. The Kier molecular flexibility index (Phi) is 3.42. The Hall–Kier alpha value is -1.54. The van der Waals surface area contributed by atoms with Crippen LogP contribution in [0.1, 0.15) is 23.2 Å². The molecule has 1 aromatic rings. The average Bonchev–Trinajstić information content (AvgIpc) is 2.33. The van der Waals surface area contributed by atoms with Crippen molar-refractivity contribution in [2.24, 2.45) is 0 Å². The lowest BCUT2D eigenvalue weighted by Gasteiger charge is -2.12. The van der Waals surface area contributed by atoms with Crippen LogP contribution in [0.4, 0.5) is 0 Å². The summed E-state index contributed by atoms with van der Waals surface area (Å²) in [6.45, 7) is 0. The van der Waals surface area contributed by atoms with Gasteiger partial charge in [0, 0.05) is 17.0 Å². The van der Waals surface area contributed by atoms with Crippen LogP contribution in [0.3, 0.4) is 0 Å². The number of ether oxygens (including phenoxy) is 1. The predicted molar refractivity (Wildman–Crippen MR) is 63.7 cm³/mol. The van der Waals surface area contributed by atoms with Gasteiger partial charge in [0.05, 0.1) is 0 Å². The van der Waals surface area contributed by atoms with E-state index in [4.69, 9.17) is 16.3 Å². The zero-order valence-electron chi connectivity index (χ0n) is 8.65. The highest BCUT2D eigenvalue weighted by Gasteiger charge is 2.06. The first-order chi connectivity index (χ1) is 7.78. The molecule has 0 heterocycles. The molecule has 2 nitrogen and oxygen atoms in total. The molecule has 0 radical (unpaired) electrons. The van der Waals surface area contributed by atoms with E-state index < -0.39 is 0 Å². The fraction of sp³-hybridized carbons (Fsp3) is 0.154. The summed E-state index contributed by atoms with van der Waals surface area (Å²) in [5, 5.41) is 0.851. The molecule has 0 unspecified atom stereocenters. The fourth-order valence-corrected chi connectivity index (χ4v) is 1.60. The third-order valence-corrected chi connectivity index (χ3v) is 2.64. The van der Waals surface area contributed by atoms with Crippen molar-refractivity contribution < 1.29 is 9.53 Å². The van der Waals surface area contributed by atoms with Gasteiger partial charge in [-0.1, -0.05) is 11.6 Å². The number of hydrogen-bond donors (Lipinski definition) is 0. The number of benzene rings is 1. The molecule has 0 atom stereocenters. The van der Waals surface area contributed by atoms with Crippen LogP contribution in [0.5, 0.6) is 5.75 Å². The normalized spacial score (nSPS) is 15.1. The van der Waals surface area contributed by atoms with Gasteiger partial charge in [0.25, 0.3) is 0 Å². The van der Waals surface area contributed by atoms with Crippen LogP contribution in [0, 0.1) is 0 Å². The molecule has 16 heavy (non-hydrogen) atoms. The predicted octanol–water partition coefficient (Wildman–Crippen LogP) is 3.68. The van der Waals surface area contributed by atoms with Gasteiger partial charge in [-0.2, -0.15) is 0 Å². The summed E-state index contributed by atoms with van der Waals surface area (Å²) in [6.07, 6.45) is 6.16. The minimum Gasteiger partial charge on any atom is -0.462 e. The molecule has 1 aliphatic rings. The first kappa shape index (κ1) is 11.0. The minimum atomic E-state index is 0.646. The van der Waals surface area contributed by atoms with Gasteiger partial charge in [0.2, 0.25) is 0 Å². The number of allylic oxidation sites excluding steroid dienone is 4. The molecule has 0 bridgehead atoms. The van der Waals surface area contributed by atoms with Crippen molar-refractivity contribution in [3.8, 4) is 5.75 Å². The van der Waals surface area contributed by atoms with E-state index in [0.29, 0.717) is 5.56 Å². The number of carbonyl (C=O) groups excluding carboxylic acids is 1. The summed E-state index contributed by atoms with van der Waals surface area (Å²) in [4.78, 5) is 10.5. The van der Waals surface area contributed by atoms with Crippen LogP contribution < -0.4 is 4.74 Å². The van der Waals surface area contributed by atoms with E-state index in [1.807, 2.05) is 12.2 Å². The number of rotatable bonds is 3. The second kappa shape index (κ2) is 4.99. The van der Waals surface area contributed by atoms with Crippen LogP contribution in [0.2, 0.25) is 0 Å². The monoisotopic (exact) mass is 234 g/mol. The summed E-state index contributed by atoms with van der Waals surface area (Å²) in [6, 6.07) is 7.03. The highest BCUT2D eigenvalue weighted by Crippen LogP contribution is 2.24. The fourth-order valence-electron chi connectivity index (χ4n) is 1.44. The molecule has 1 aliphatic carbocycles. The third-order valence-electron chi connectivity index (χ3n) is 2.33. The van der Waals surface area contributed by atoms with Crippen LogP contribution in [-0.2, 0) is 0 Å². The van der Waals surface area contributed by atoms with Gasteiger partial charge in [-0.25, -0.2) is 0 Å². The Morgan fingerprint density at radius 2 is 1.88 bits per heavy atom. The minimum absolute atomic E-state index is 0.646. The van der Waals surface area contributed by atoms with Gasteiger partial charge in [0.1, 0.15) is 17.8 Å². The van der Waals surface area contributed by atoms with Crippen molar-refractivity contribution in [2.45, 2.75) is 12.8 Å². The molecular formula is C13H11ClO2. The van der Waals surface area contributed by atoms with Gasteiger partial charge < -0.3 is 4.74 Å². The number of carbonyl (C=O) groups is 1. The zero-order valence-corrected chi connectivity index (χ0v) is 9.41. The summed E-state index contributed by atoms with van der Waals surface area (Å²) >= 11 is 5.85. The van der Waals surface area contributed by atoms with Crippen molar-refractivity contribution in [3.63, 3.8) is 0 Å². The van der Waals surface area contributed by atoms with Gasteiger partial charge >= 0.3 is 0 Å². The number of hydrogen-bond acceptors (Lipinski definition) is 2. The zero-order chi connectivity index (χ0) is 11.4. The molecule has 1 aromatic carbocycles. The van der Waals surface area contributed by atoms with Crippen molar-refractivity contribution in [1.82, 2.24) is 0 Å². The number of halogens is 1. The Morgan fingerprint density at radius 1 is 1.12 bits per heavy atom. The molecule has 0 spiro atoms. The van der Waals surface area contributed by atoms with E-state index in [1.165, 1.54) is 0 Å².